The van der Waals surface area contributed by atoms with E-state index in [1.54, 1.807) is 24.3 Å². The first-order valence-electron chi connectivity index (χ1n) is 9.66. The molecule has 2 heterocycles. The first-order chi connectivity index (χ1) is 13.4. The molecule has 1 aromatic heterocycles. The second-order valence-corrected chi connectivity index (χ2v) is 7.53. The fraction of sp³-hybridized carbons (Fsp3) is 0.429. The van der Waals surface area contributed by atoms with Gasteiger partial charge in [-0.3, -0.25) is 14.4 Å². The third kappa shape index (κ3) is 4.30. The van der Waals surface area contributed by atoms with E-state index in [1.807, 2.05) is 18.4 Å². The minimum Gasteiger partial charge on any atom is -0.350 e. The van der Waals surface area contributed by atoms with Gasteiger partial charge < -0.3 is 15.2 Å². The van der Waals surface area contributed by atoms with Crippen LogP contribution < -0.4 is 10.6 Å². The maximum atomic E-state index is 12.8. The van der Waals surface area contributed by atoms with Crippen LogP contribution in [-0.2, 0) is 13.0 Å². The van der Waals surface area contributed by atoms with Crippen molar-refractivity contribution in [2.75, 3.05) is 11.9 Å². The lowest BCUT2D eigenvalue weighted by Gasteiger charge is -2.17. The number of anilines is 1. The van der Waals surface area contributed by atoms with E-state index in [9.17, 15) is 14.4 Å². The van der Waals surface area contributed by atoms with Gasteiger partial charge in [-0.1, -0.05) is 13.8 Å². The average Bonchev–Trinajstić information content (AvgIpc) is 3.06. The van der Waals surface area contributed by atoms with Crippen molar-refractivity contribution in [1.82, 2.24) is 14.9 Å². The van der Waals surface area contributed by atoms with Gasteiger partial charge in [0.15, 0.2) is 11.6 Å². The van der Waals surface area contributed by atoms with Gasteiger partial charge in [0.1, 0.15) is 5.69 Å². The van der Waals surface area contributed by atoms with E-state index in [1.165, 1.54) is 6.92 Å². The van der Waals surface area contributed by atoms with Crippen LogP contribution in [0.25, 0.3) is 0 Å². The molecule has 0 saturated heterocycles. The number of Topliss-reactive ketones (excluding diaryl/α,β-unsaturated/α-hetero) is 1. The monoisotopic (exact) mass is 382 g/mol. The highest BCUT2D eigenvalue weighted by Crippen LogP contribution is 2.22. The molecule has 1 aliphatic heterocycles. The van der Waals surface area contributed by atoms with Crippen LogP contribution in [0, 0.1) is 5.92 Å². The number of imidazole rings is 1. The number of nitrogens with zero attached hydrogens (tertiary/aromatic N) is 2. The van der Waals surface area contributed by atoms with Crippen molar-refractivity contribution in [2.24, 2.45) is 5.92 Å². The molecule has 0 atom stereocenters. The Hall–Kier alpha value is -2.96. The Balaban J connectivity index is 1.83. The van der Waals surface area contributed by atoms with E-state index in [4.69, 9.17) is 0 Å². The van der Waals surface area contributed by atoms with Crippen LogP contribution in [0.5, 0.6) is 0 Å². The smallest absolute Gasteiger partial charge is 0.291 e. The second kappa shape index (κ2) is 8.37. The molecular formula is C21H26N4O3. The summed E-state index contributed by atoms with van der Waals surface area (Å²) < 4.78 is 1.85. The van der Waals surface area contributed by atoms with Gasteiger partial charge in [0.2, 0.25) is 0 Å². The third-order valence-corrected chi connectivity index (χ3v) is 4.76. The summed E-state index contributed by atoms with van der Waals surface area (Å²) in [4.78, 5) is 41.2. The molecule has 0 radical (unpaired) electrons. The van der Waals surface area contributed by atoms with Crippen molar-refractivity contribution in [2.45, 2.75) is 46.6 Å². The van der Waals surface area contributed by atoms with E-state index in [2.05, 4.69) is 15.6 Å². The summed E-state index contributed by atoms with van der Waals surface area (Å²) >= 11 is 0. The van der Waals surface area contributed by atoms with E-state index in [0.29, 0.717) is 36.0 Å². The molecule has 148 valence electrons. The number of carbonyl (C=O) groups excluding carboxylic acids is 3. The maximum absolute atomic E-state index is 12.8. The number of rotatable bonds is 6. The summed E-state index contributed by atoms with van der Waals surface area (Å²) in [6.45, 7) is 6.79. The van der Waals surface area contributed by atoms with Crippen molar-refractivity contribution in [3.8, 4) is 0 Å². The lowest BCUT2D eigenvalue weighted by Crippen LogP contribution is -2.29. The van der Waals surface area contributed by atoms with Crippen LogP contribution in [0.1, 0.15) is 70.8 Å². The summed E-state index contributed by atoms with van der Waals surface area (Å²) in [5, 5.41) is 5.70. The highest BCUT2D eigenvalue weighted by Gasteiger charge is 2.27. The molecule has 0 saturated carbocycles. The van der Waals surface area contributed by atoms with Gasteiger partial charge in [-0.15, -0.1) is 0 Å². The fourth-order valence-electron chi connectivity index (χ4n) is 3.25. The SMILES string of the molecule is CC(=O)c1ccc(NC(=O)c2nc(C(=O)NCC(C)C)c3n2CCCC3)cc1. The van der Waals surface area contributed by atoms with Gasteiger partial charge in [0.25, 0.3) is 11.8 Å². The van der Waals surface area contributed by atoms with Gasteiger partial charge in [-0.2, -0.15) is 0 Å². The Bertz CT molecular complexity index is 897. The van der Waals surface area contributed by atoms with Crippen molar-refractivity contribution in [3.05, 3.63) is 47.0 Å². The molecule has 28 heavy (non-hydrogen) atoms. The third-order valence-electron chi connectivity index (χ3n) is 4.76. The zero-order chi connectivity index (χ0) is 20.3. The molecule has 7 nitrogen and oxygen atoms in total. The topological polar surface area (TPSA) is 93.1 Å². The molecule has 3 rings (SSSR count). The van der Waals surface area contributed by atoms with Gasteiger partial charge in [-0.25, -0.2) is 4.98 Å². The number of amides is 2. The van der Waals surface area contributed by atoms with Gasteiger partial charge in [0, 0.05) is 24.3 Å². The van der Waals surface area contributed by atoms with Crippen molar-refractivity contribution >= 4 is 23.3 Å². The molecule has 0 aliphatic carbocycles. The van der Waals surface area contributed by atoms with Crippen LogP contribution >= 0.6 is 0 Å². The first kappa shape index (κ1) is 19.8. The number of aromatic nitrogens is 2. The van der Waals surface area contributed by atoms with Gasteiger partial charge >= 0.3 is 0 Å². The molecule has 2 N–H and O–H groups in total. The number of hydrogen-bond donors (Lipinski definition) is 2. The standard InChI is InChI=1S/C21H26N4O3/c1-13(2)12-22-20(27)18-17-6-4-5-11-25(17)19(24-18)21(28)23-16-9-7-15(8-10-16)14(3)26/h7-10,13H,4-6,11-12H2,1-3H3,(H,22,27)(H,23,28). The second-order valence-electron chi connectivity index (χ2n) is 7.53. The predicted octanol–water partition coefficient (Wildman–Crippen LogP) is 3.06. The Morgan fingerprint density at radius 3 is 2.46 bits per heavy atom. The Morgan fingerprint density at radius 2 is 1.82 bits per heavy atom. The van der Waals surface area contributed by atoms with Gasteiger partial charge in [0.05, 0.1) is 5.69 Å². The van der Waals surface area contributed by atoms with Crippen molar-refractivity contribution < 1.29 is 14.4 Å². The lowest BCUT2D eigenvalue weighted by molar-refractivity contribution is 0.0942. The molecule has 2 amide bonds. The normalized spacial score (nSPS) is 13.1. The number of benzene rings is 1. The quantitative estimate of drug-likeness (QED) is 0.751. The molecule has 1 aliphatic rings. The summed E-state index contributed by atoms with van der Waals surface area (Å²) in [5.74, 6) is -0.0359. The summed E-state index contributed by atoms with van der Waals surface area (Å²) in [6.07, 6.45) is 2.66. The predicted molar refractivity (Wildman–Crippen MR) is 107 cm³/mol. The summed E-state index contributed by atoms with van der Waals surface area (Å²) in [7, 11) is 0. The Labute approximate surface area is 164 Å². The molecule has 0 unspecified atom stereocenters. The largest absolute Gasteiger partial charge is 0.350 e. The van der Waals surface area contributed by atoms with Crippen LogP contribution in [0.2, 0.25) is 0 Å². The average molecular weight is 382 g/mol. The van der Waals surface area contributed by atoms with Crippen LogP contribution in [0.3, 0.4) is 0 Å². The minimum atomic E-state index is -0.360. The molecule has 0 spiro atoms. The molecule has 0 fully saturated rings. The lowest BCUT2D eigenvalue weighted by atomic mass is 10.1. The molecule has 2 aromatic rings. The fourth-order valence-corrected chi connectivity index (χ4v) is 3.25. The van der Waals surface area contributed by atoms with Crippen molar-refractivity contribution in [3.63, 3.8) is 0 Å². The van der Waals surface area contributed by atoms with E-state index in [-0.39, 0.29) is 23.4 Å². The highest BCUT2D eigenvalue weighted by atomic mass is 16.2. The zero-order valence-corrected chi connectivity index (χ0v) is 16.5. The Kier molecular flexibility index (Phi) is 5.92. The highest BCUT2D eigenvalue weighted by molar-refractivity contribution is 6.04. The molecule has 1 aromatic carbocycles. The van der Waals surface area contributed by atoms with E-state index < -0.39 is 0 Å². The summed E-state index contributed by atoms with van der Waals surface area (Å²) in [6, 6.07) is 6.71. The number of hydrogen-bond acceptors (Lipinski definition) is 4. The summed E-state index contributed by atoms with van der Waals surface area (Å²) in [5.41, 5.74) is 2.33. The molecule has 0 bridgehead atoms. The molecule has 7 heteroatoms. The number of ketones is 1. The minimum absolute atomic E-state index is 0.0303. The Morgan fingerprint density at radius 1 is 1.11 bits per heavy atom. The first-order valence-corrected chi connectivity index (χ1v) is 9.66. The van der Waals surface area contributed by atoms with Crippen LogP contribution in [0.15, 0.2) is 24.3 Å². The maximum Gasteiger partial charge on any atom is 0.291 e. The molecular weight excluding hydrogens is 356 g/mol. The zero-order valence-electron chi connectivity index (χ0n) is 16.5. The van der Waals surface area contributed by atoms with E-state index >= 15 is 0 Å². The van der Waals surface area contributed by atoms with Crippen LogP contribution in [0.4, 0.5) is 5.69 Å². The van der Waals surface area contributed by atoms with Gasteiger partial charge in [-0.05, 0) is 56.4 Å². The van der Waals surface area contributed by atoms with Crippen LogP contribution in [-0.4, -0.2) is 33.7 Å². The number of carbonyl (C=O) groups is 3. The number of fused-ring (bicyclic) bond motifs is 1. The number of nitrogens with one attached hydrogen (secondary N) is 2. The van der Waals surface area contributed by atoms with Crippen molar-refractivity contribution in [1.29, 1.82) is 0 Å². The van der Waals surface area contributed by atoms with E-state index in [0.717, 1.165) is 25.0 Å².